The lowest BCUT2D eigenvalue weighted by atomic mass is 10.00. The molecule has 7 nitrogen and oxygen atoms in total. The average molecular weight is 283 g/mol. The highest BCUT2D eigenvalue weighted by Gasteiger charge is 2.29. The van der Waals surface area contributed by atoms with Crippen LogP contribution in [-0.4, -0.2) is 42.0 Å². The number of methoxy groups -OCH3 is 1. The third-order valence-corrected chi connectivity index (χ3v) is 2.65. The lowest BCUT2D eigenvalue weighted by Gasteiger charge is -2.18. The van der Waals surface area contributed by atoms with E-state index < -0.39 is 24.1 Å². The van der Waals surface area contributed by atoms with Crippen LogP contribution in [0.1, 0.15) is 28.9 Å². The van der Waals surface area contributed by atoms with E-state index in [9.17, 15) is 19.8 Å². The Bertz CT molecular complexity index is 502. The molecule has 1 aromatic rings. The van der Waals surface area contributed by atoms with Crippen molar-refractivity contribution in [2.45, 2.75) is 19.1 Å². The van der Waals surface area contributed by atoms with Crippen LogP contribution in [0, 0.1) is 0 Å². The smallest absolute Gasteiger partial charge is 0.338 e. The van der Waals surface area contributed by atoms with Crippen molar-refractivity contribution in [3.05, 3.63) is 29.3 Å². The van der Waals surface area contributed by atoms with E-state index in [1.54, 1.807) is 6.92 Å². The molecule has 0 saturated heterocycles. The van der Waals surface area contributed by atoms with E-state index in [0.717, 1.165) is 0 Å². The Morgan fingerprint density at radius 1 is 1.35 bits per heavy atom. The first kappa shape index (κ1) is 15.9. The van der Waals surface area contributed by atoms with E-state index in [0.29, 0.717) is 0 Å². The summed E-state index contributed by atoms with van der Waals surface area (Å²) in [4.78, 5) is 22.8. The molecule has 1 rings (SSSR count). The van der Waals surface area contributed by atoms with Crippen molar-refractivity contribution in [1.82, 2.24) is 0 Å². The summed E-state index contributed by atoms with van der Waals surface area (Å²) >= 11 is 0. The van der Waals surface area contributed by atoms with Crippen LogP contribution in [0.25, 0.3) is 0 Å². The summed E-state index contributed by atoms with van der Waals surface area (Å²) in [5, 5.41) is 19.6. The van der Waals surface area contributed by atoms with Gasteiger partial charge in [0.25, 0.3) is 0 Å². The van der Waals surface area contributed by atoms with Crippen LogP contribution in [0.5, 0.6) is 0 Å². The number of hydrogen-bond donors (Lipinski definition) is 3. The van der Waals surface area contributed by atoms with Gasteiger partial charge in [0.2, 0.25) is 0 Å². The third-order valence-electron chi connectivity index (χ3n) is 2.65. The monoisotopic (exact) mass is 283 g/mol. The van der Waals surface area contributed by atoms with Crippen LogP contribution >= 0.6 is 0 Å². The molecule has 110 valence electrons. The number of rotatable bonds is 5. The van der Waals surface area contributed by atoms with Crippen LogP contribution in [0.15, 0.2) is 18.2 Å². The highest BCUT2D eigenvalue weighted by Crippen LogP contribution is 2.25. The molecule has 0 radical (unpaired) electrons. The van der Waals surface area contributed by atoms with Crippen LogP contribution in [0.4, 0.5) is 5.69 Å². The van der Waals surface area contributed by atoms with Gasteiger partial charge >= 0.3 is 11.9 Å². The first-order valence-corrected chi connectivity index (χ1v) is 5.92. The number of aliphatic hydroxyl groups is 2. The quantitative estimate of drug-likeness (QED) is 0.514. The fourth-order valence-electron chi connectivity index (χ4n) is 1.60. The van der Waals surface area contributed by atoms with Crippen molar-refractivity contribution in [1.29, 1.82) is 0 Å². The molecule has 2 atom stereocenters. The summed E-state index contributed by atoms with van der Waals surface area (Å²) < 4.78 is 9.15. The van der Waals surface area contributed by atoms with Gasteiger partial charge < -0.3 is 25.4 Å². The van der Waals surface area contributed by atoms with E-state index in [1.165, 1.54) is 25.3 Å². The maximum atomic E-state index is 11.4. The van der Waals surface area contributed by atoms with E-state index in [1.807, 2.05) is 0 Å². The molecule has 2 unspecified atom stereocenters. The van der Waals surface area contributed by atoms with Crippen molar-refractivity contribution < 1.29 is 29.3 Å². The van der Waals surface area contributed by atoms with Gasteiger partial charge in [-0.05, 0) is 25.1 Å². The highest BCUT2D eigenvalue weighted by molar-refractivity contribution is 5.90. The maximum absolute atomic E-state index is 11.4. The average Bonchev–Trinajstić information content (AvgIpc) is 2.45. The van der Waals surface area contributed by atoms with Crippen molar-refractivity contribution in [3.8, 4) is 0 Å². The number of esters is 2. The zero-order chi connectivity index (χ0) is 15.3. The number of carbonyl (C=O) groups excluding carboxylic acids is 2. The molecule has 0 amide bonds. The lowest BCUT2D eigenvalue weighted by molar-refractivity contribution is -0.159. The van der Waals surface area contributed by atoms with Crippen LogP contribution < -0.4 is 5.73 Å². The predicted molar refractivity (Wildman–Crippen MR) is 69.8 cm³/mol. The number of anilines is 1. The van der Waals surface area contributed by atoms with Gasteiger partial charge in [-0.3, -0.25) is 0 Å². The van der Waals surface area contributed by atoms with Crippen molar-refractivity contribution in [2.75, 3.05) is 19.5 Å². The molecule has 0 aromatic heterocycles. The molecule has 0 spiro atoms. The van der Waals surface area contributed by atoms with Crippen molar-refractivity contribution >= 4 is 17.6 Å². The van der Waals surface area contributed by atoms with Crippen molar-refractivity contribution in [2.24, 2.45) is 0 Å². The number of benzene rings is 1. The molecular weight excluding hydrogens is 266 g/mol. The molecule has 7 heteroatoms. The van der Waals surface area contributed by atoms with Gasteiger partial charge in [-0.25, -0.2) is 9.59 Å². The summed E-state index contributed by atoms with van der Waals surface area (Å²) in [6, 6.07) is 4.05. The first-order valence-electron chi connectivity index (χ1n) is 5.92. The standard InChI is InChI=1S/C13H17NO6/c1-3-20-13(18)11(16)10(15)8-6-7(12(17)19-2)4-5-9(8)14/h4-6,10-11,15-16H,3,14H2,1-2H3. The molecule has 1 aromatic carbocycles. The highest BCUT2D eigenvalue weighted by atomic mass is 16.5. The Hall–Kier alpha value is -2.12. The van der Waals surface area contributed by atoms with Gasteiger partial charge in [-0.15, -0.1) is 0 Å². The number of hydrogen-bond acceptors (Lipinski definition) is 7. The summed E-state index contributed by atoms with van der Waals surface area (Å²) in [7, 11) is 1.21. The second kappa shape index (κ2) is 6.88. The first-order chi connectivity index (χ1) is 9.42. The van der Waals surface area contributed by atoms with Gasteiger partial charge in [0.1, 0.15) is 6.10 Å². The number of ether oxygens (including phenoxy) is 2. The lowest BCUT2D eigenvalue weighted by Crippen LogP contribution is -2.30. The van der Waals surface area contributed by atoms with Gasteiger partial charge in [-0.2, -0.15) is 0 Å². The molecule has 20 heavy (non-hydrogen) atoms. The second-order valence-corrected chi connectivity index (χ2v) is 3.98. The summed E-state index contributed by atoms with van der Waals surface area (Å²) in [5.41, 5.74) is 6.00. The van der Waals surface area contributed by atoms with E-state index in [2.05, 4.69) is 9.47 Å². The van der Waals surface area contributed by atoms with Gasteiger partial charge in [-0.1, -0.05) is 0 Å². The van der Waals surface area contributed by atoms with Gasteiger partial charge in [0.15, 0.2) is 6.10 Å². The Labute approximate surface area is 115 Å². The minimum Gasteiger partial charge on any atom is -0.465 e. The van der Waals surface area contributed by atoms with Crippen LogP contribution in [0.3, 0.4) is 0 Å². The SMILES string of the molecule is CCOC(=O)C(O)C(O)c1cc(C(=O)OC)ccc1N. The fourth-order valence-corrected chi connectivity index (χ4v) is 1.60. The minimum absolute atomic E-state index is 0.0495. The Balaban J connectivity index is 3.05. The minimum atomic E-state index is -1.79. The summed E-state index contributed by atoms with van der Waals surface area (Å²) in [6.07, 6.45) is -3.39. The molecule has 0 heterocycles. The van der Waals surface area contributed by atoms with E-state index in [-0.39, 0.29) is 23.4 Å². The summed E-state index contributed by atoms with van der Waals surface area (Å²) in [6.45, 7) is 1.64. The zero-order valence-electron chi connectivity index (χ0n) is 11.2. The zero-order valence-corrected chi connectivity index (χ0v) is 11.2. The molecule has 4 N–H and O–H groups in total. The molecular formula is C13H17NO6. The number of nitrogen functional groups attached to an aromatic ring is 1. The number of nitrogens with two attached hydrogens (primary N) is 1. The number of carbonyl (C=O) groups is 2. The molecule has 0 fully saturated rings. The normalized spacial score (nSPS) is 13.4. The predicted octanol–water partition coefficient (Wildman–Crippen LogP) is 0.0128. The molecule has 0 bridgehead atoms. The second-order valence-electron chi connectivity index (χ2n) is 3.98. The third kappa shape index (κ3) is 3.46. The van der Waals surface area contributed by atoms with E-state index >= 15 is 0 Å². The van der Waals surface area contributed by atoms with Crippen molar-refractivity contribution in [3.63, 3.8) is 0 Å². The largest absolute Gasteiger partial charge is 0.465 e. The van der Waals surface area contributed by atoms with Gasteiger partial charge in [0.05, 0.1) is 19.3 Å². The number of aliphatic hydroxyl groups excluding tert-OH is 2. The molecule has 0 aliphatic carbocycles. The fraction of sp³-hybridized carbons (Fsp3) is 0.385. The Morgan fingerprint density at radius 2 is 2.00 bits per heavy atom. The van der Waals surface area contributed by atoms with Gasteiger partial charge in [0, 0.05) is 11.3 Å². The van der Waals surface area contributed by atoms with E-state index in [4.69, 9.17) is 5.73 Å². The summed E-state index contributed by atoms with van der Waals surface area (Å²) in [5.74, 6) is -1.59. The topological polar surface area (TPSA) is 119 Å². The molecule has 0 aliphatic rings. The van der Waals surface area contributed by atoms with Crippen LogP contribution in [-0.2, 0) is 14.3 Å². The van der Waals surface area contributed by atoms with Crippen LogP contribution in [0.2, 0.25) is 0 Å². The Kier molecular flexibility index (Phi) is 5.48. The Morgan fingerprint density at radius 3 is 2.55 bits per heavy atom. The molecule has 0 aliphatic heterocycles. The molecule has 0 saturated carbocycles. The maximum Gasteiger partial charge on any atom is 0.338 e.